The average molecular weight is 291 g/mol. The molecule has 3 nitrogen and oxygen atoms in total. The minimum atomic E-state index is -4.76. The monoisotopic (exact) mass is 290 g/mol. The third-order valence-corrected chi connectivity index (χ3v) is 2.93. The number of aryl methyl sites for hydroxylation is 2. The quantitative estimate of drug-likeness (QED) is 0.834. The number of aromatic nitrogens is 2. The van der Waals surface area contributed by atoms with E-state index in [1.807, 2.05) is 0 Å². The van der Waals surface area contributed by atoms with Crippen LogP contribution >= 0.6 is 11.6 Å². The molecular formula is C12H10ClF3N2O. The van der Waals surface area contributed by atoms with Crippen LogP contribution in [0, 0.1) is 13.8 Å². The molecule has 1 aromatic carbocycles. The molecule has 7 heteroatoms. The van der Waals surface area contributed by atoms with E-state index >= 15 is 0 Å². The fourth-order valence-electron chi connectivity index (χ4n) is 1.62. The van der Waals surface area contributed by atoms with Gasteiger partial charge in [-0.25, -0.2) is 4.98 Å². The second-order valence-electron chi connectivity index (χ2n) is 4.01. The van der Waals surface area contributed by atoms with Crippen LogP contribution in [0.2, 0.25) is 5.15 Å². The van der Waals surface area contributed by atoms with Crippen LogP contribution in [0.25, 0.3) is 5.69 Å². The molecule has 0 radical (unpaired) electrons. The highest BCUT2D eigenvalue weighted by molar-refractivity contribution is 6.30. The molecule has 19 heavy (non-hydrogen) atoms. The van der Waals surface area contributed by atoms with E-state index in [-0.39, 0.29) is 16.6 Å². The van der Waals surface area contributed by atoms with Gasteiger partial charge < -0.3 is 4.74 Å². The van der Waals surface area contributed by atoms with Crippen molar-refractivity contribution in [2.24, 2.45) is 0 Å². The molecule has 1 heterocycles. The van der Waals surface area contributed by atoms with Crippen LogP contribution in [-0.2, 0) is 0 Å². The van der Waals surface area contributed by atoms with Crippen LogP contribution in [0.5, 0.6) is 5.75 Å². The van der Waals surface area contributed by atoms with Gasteiger partial charge >= 0.3 is 6.36 Å². The van der Waals surface area contributed by atoms with E-state index in [4.69, 9.17) is 11.6 Å². The van der Waals surface area contributed by atoms with Crippen molar-refractivity contribution in [1.29, 1.82) is 0 Å². The standard InChI is InChI=1S/C12H10ClF3N2O/c1-7-3-4-9(10(5-7)19-12(14,15)16)18-6-17-8(2)11(18)13/h3-6H,1-2H3. The highest BCUT2D eigenvalue weighted by atomic mass is 35.5. The van der Waals surface area contributed by atoms with Crippen LogP contribution in [0.4, 0.5) is 13.2 Å². The Morgan fingerprint density at radius 1 is 1.26 bits per heavy atom. The normalized spacial score (nSPS) is 11.7. The summed E-state index contributed by atoms with van der Waals surface area (Å²) >= 11 is 5.99. The number of alkyl halides is 3. The fraction of sp³-hybridized carbons (Fsp3) is 0.250. The molecule has 0 bridgehead atoms. The minimum absolute atomic E-state index is 0.188. The molecule has 102 valence electrons. The minimum Gasteiger partial charge on any atom is -0.404 e. The smallest absolute Gasteiger partial charge is 0.404 e. The molecule has 0 fully saturated rings. The van der Waals surface area contributed by atoms with Crippen LogP contribution in [-0.4, -0.2) is 15.9 Å². The Morgan fingerprint density at radius 2 is 1.95 bits per heavy atom. The fourth-order valence-corrected chi connectivity index (χ4v) is 1.80. The highest BCUT2D eigenvalue weighted by Crippen LogP contribution is 2.32. The van der Waals surface area contributed by atoms with Crippen molar-refractivity contribution in [3.63, 3.8) is 0 Å². The first-order valence-electron chi connectivity index (χ1n) is 5.34. The number of halogens is 4. The molecule has 0 aliphatic rings. The van der Waals surface area contributed by atoms with Gasteiger partial charge in [-0.2, -0.15) is 0 Å². The summed E-state index contributed by atoms with van der Waals surface area (Å²) in [6.45, 7) is 3.34. The molecule has 0 spiro atoms. The maximum atomic E-state index is 12.4. The maximum Gasteiger partial charge on any atom is 0.573 e. The van der Waals surface area contributed by atoms with Crippen LogP contribution in [0.1, 0.15) is 11.3 Å². The predicted octanol–water partition coefficient (Wildman–Crippen LogP) is 4.04. The first-order valence-corrected chi connectivity index (χ1v) is 5.72. The predicted molar refractivity (Wildman–Crippen MR) is 64.7 cm³/mol. The van der Waals surface area contributed by atoms with Crippen molar-refractivity contribution >= 4 is 11.6 Å². The van der Waals surface area contributed by atoms with E-state index in [1.54, 1.807) is 19.9 Å². The lowest BCUT2D eigenvalue weighted by Crippen LogP contribution is -2.18. The summed E-state index contributed by atoms with van der Waals surface area (Å²) in [4.78, 5) is 3.95. The van der Waals surface area contributed by atoms with Crippen molar-refractivity contribution in [3.8, 4) is 11.4 Å². The first kappa shape index (κ1) is 13.7. The topological polar surface area (TPSA) is 27.1 Å². The summed E-state index contributed by atoms with van der Waals surface area (Å²) in [6.07, 6.45) is -3.41. The van der Waals surface area contributed by atoms with Gasteiger partial charge in [0.15, 0.2) is 5.75 Å². The highest BCUT2D eigenvalue weighted by Gasteiger charge is 2.32. The Balaban J connectivity index is 2.54. The number of hydrogen-bond acceptors (Lipinski definition) is 2. The van der Waals surface area contributed by atoms with E-state index in [1.165, 1.54) is 23.0 Å². The Labute approximate surface area is 112 Å². The second kappa shape index (κ2) is 4.77. The van der Waals surface area contributed by atoms with Crippen molar-refractivity contribution in [1.82, 2.24) is 9.55 Å². The number of imidazole rings is 1. The molecule has 2 aromatic rings. The van der Waals surface area contributed by atoms with Gasteiger partial charge in [0.25, 0.3) is 0 Å². The zero-order valence-electron chi connectivity index (χ0n) is 10.1. The number of benzene rings is 1. The van der Waals surface area contributed by atoms with E-state index in [9.17, 15) is 13.2 Å². The largest absolute Gasteiger partial charge is 0.573 e. The van der Waals surface area contributed by atoms with Gasteiger partial charge in [-0.05, 0) is 31.5 Å². The van der Waals surface area contributed by atoms with Gasteiger partial charge in [0.05, 0.1) is 11.4 Å². The molecule has 0 unspecified atom stereocenters. The van der Waals surface area contributed by atoms with Gasteiger partial charge in [0, 0.05) is 0 Å². The zero-order chi connectivity index (χ0) is 14.2. The number of rotatable bonds is 2. The van der Waals surface area contributed by atoms with Crippen molar-refractivity contribution < 1.29 is 17.9 Å². The van der Waals surface area contributed by atoms with Gasteiger partial charge in [-0.3, -0.25) is 4.57 Å². The van der Waals surface area contributed by atoms with Crippen LogP contribution < -0.4 is 4.74 Å². The number of nitrogens with zero attached hydrogens (tertiary/aromatic N) is 2. The van der Waals surface area contributed by atoms with E-state index < -0.39 is 6.36 Å². The Kier molecular flexibility index (Phi) is 3.45. The van der Waals surface area contributed by atoms with E-state index in [0.29, 0.717) is 11.3 Å². The zero-order valence-corrected chi connectivity index (χ0v) is 10.9. The Hall–Kier alpha value is -1.69. The third-order valence-electron chi connectivity index (χ3n) is 2.48. The molecule has 2 rings (SSSR count). The second-order valence-corrected chi connectivity index (χ2v) is 4.37. The lowest BCUT2D eigenvalue weighted by Gasteiger charge is -2.15. The van der Waals surface area contributed by atoms with Gasteiger partial charge in [0.2, 0.25) is 0 Å². The molecule has 0 amide bonds. The molecule has 0 aliphatic heterocycles. The summed E-state index contributed by atoms with van der Waals surface area (Å²) in [5.41, 5.74) is 1.37. The Morgan fingerprint density at radius 3 is 2.47 bits per heavy atom. The van der Waals surface area contributed by atoms with Crippen LogP contribution in [0.15, 0.2) is 24.5 Å². The summed E-state index contributed by atoms with van der Waals surface area (Å²) < 4.78 is 42.6. The molecule has 1 aromatic heterocycles. The molecule has 0 aliphatic carbocycles. The van der Waals surface area contributed by atoms with Crippen molar-refractivity contribution in [3.05, 3.63) is 40.9 Å². The summed E-state index contributed by atoms with van der Waals surface area (Å²) in [5.74, 6) is -0.313. The molecule has 0 saturated carbocycles. The lowest BCUT2D eigenvalue weighted by molar-refractivity contribution is -0.274. The van der Waals surface area contributed by atoms with Gasteiger partial charge in [-0.1, -0.05) is 17.7 Å². The van der Waals surface area contributed by atoms with E-state index in [0.717, 1.165) is 0 Å². The third kappa shape index (κ3) is 3.01. The maximum absolute atomic E-state index is 12.4. The summed E-state index contributed by atoms with van der Waals surface area (Å²) in [6, 6.07) is 4.47. The van der Waals surface area contributed by atoms with Gasteiger partial charge in [0.1, 0.15) is 11.5 Å². The molecular weight excluding hydrogens is 281 g/mol. The summed E-state index contributed by atoms with van der Waals surface area (Å²) in [7, 11) is 0. The SMILES string of the molecule is Cc1ccc(-n2cnc(C)c2Cl)c(OC(F)(F)F)c1. The van der Waals surface area contributed by atoms with Crippen LogP contribution in [0.3, 0.4) is 0 Å². The van der Waals surface area contributed by atoms with Gasteiger partial charge in [-0.15, -0.1) is 13.2 Å². The molecule has 0 saturated heterocycles. The van der Waals surface area contributed by atoms with E-state index in [2.05, 4.69) is 9.72 Å². The average Bonchev–Trinajstić information content (AvgIpc) is 2.58. The molecule has 0 atom stereocenters. The first-order chi connectivity index (χ1) is 8.78. The van der Waals surface area contributed by atoms with Crippen molar-refractivity contribution in [2.75, 3.05) is 0 Å². The molecule has 0 N–H and O–H groups in total. The summed E-state index contributed by atoms with van der Waals surface area (Å²) in [5, 5.41) is 0.246. The number of ether oxygens (including phenoxy) is 1. The number of hydrogen-bond donors (Lipinski definition) is 0. The Bertz CT molecular complexity index is 608. The lowest BCUT2D eigenvalue weighted by atomic mass is 10.2. The van der Waals surface area contributed by atoms with Crippen molar-refractivity contribution in [2.45, 2.75) is 20.2 Å².